The van der Waals surface area contributed by atoms with Crippen molar-refractivity contribution in [1.29, 1.82) is 0 Å². The maximum atomic E-state index is 11.2. The summed E-state index contributed by atoms with van der Waals surface area (Å²) in [5.74, 6) is 0.278. The molecule has 0 amide bonds. The van der Waals surface area contributed by atoms with Crippen LogP contribution in [0.1, 0.15) is 26.7 Å². The summed E-state index contributed by atoms with van der Waals surface area (Å²) in [6.45, 7) is 3.98. The van der Waals surface area contributed by atoms with Crippen molar-refractivity contribution >= 4 is 30.0 Å². The summed E-state index contributed by atoms with van der Waals surface area (Å²) in [5.41, 5.74) is 5.61. The number of hydrogen-bond acceptors (Lipinski definition) is 5. The van der Waals surface area contributed by atoms with Crippen molar-refractivity contribution in [3.8, 4) is 0 Å². The third-order valence-electron chi connectivity index (χ3n) is 2.16. The summed E-state index contributed by atoms with van der Waals surface area (Å²) in [6.07, 6.45) is 1.08. The van der Waals surface area contributed by atoms with Gasteiger partial charge in [-0.2, -0.15) is 0 Å². The molecule has 0 aromatic carbocycles. The maximum absolute atomic E-state index is 11.2. The van der Waals surface area contributed by atoms with E-state index in [1.165, 1.54) is 13.2 Å². The first-order valence-corrected chi connectivity index (χ1v) is 9.05. The second kappa shape index (κ2) is 9.91. The highest BCUT2D eigenvalue weighted by atomic mass is 32.4. The molecule has 0 aromatic rings. The predicted molar refractivity (Wildman–Crippen MR) is 84.4 cm³/mol. The molecule has 0 rings (SSSR count). The fourth-order valence-electron chi connectivity index (χ4n) is 1.39. The molecule has 0 saturated heterocycles. The first kappa shape index (κ1) is 19.1. The molecule has 0 aliphatic heterocycles. The normalized spacial score (nSPS) is 15.6. The zero-order chi connectivity index (χ0) is 15.6. The van der Waals surface area contributed by atoms with E-state index in [9.17, 15) is 4.79 Å². The third kappa shape index (κ3) is 9.07. The van der Waals surface area contributed by atoms with E-state index < -0.39 is 12.4 Å². The molecule has 0 aliphatic rings. The van der Waals surface area contributed by atoms with Crippen molar-refractivity contribution in [1.82, 2.24) is 0 Å². The van der Waals surface area contributed by atoms with E-state index in [0.717, 1.165) is 12.8 Å². The zero-order valence-corrected chi connectivity index (χ0v) is 14.1. The molecule has 0 fully saturated rings. The summed E-state index contributed by atoms with van der Waals surface area (Å²) in [6, 6.07) is 0. The van der Waals surface area contributed by atoms with Crippen molar-refractivity contribution in [2.45, 2.75) is 26.7 Å². The Labute approximate surface area is 125 Å². The lowest BCUT2D eigenvalue weighted by molar-refractivity contribution is -0.135. The van der Waals surface area contributed by atoms with E-state index in [4.69, 9.17) is 26.8 Å². The summed E-state index contributed by atoms with van der Waals surface area (Å²) >= 11 is 5.48. The van der Waals surface area contributed by atoms with E-state index in [-0.39, 0.29) is 0 Å². The van der Waals surface area contributed by atoms with Crippen molar-refractivity contribution in [2.24, 2.45) is 10.5 Å². The highest BCUT2D eigenvalue weighted by Gasteiger charge is 2.18. The Kier molecular flexibility index (Phi) is 9.46. The SMILES string of the molecule is COCCCCP(=S)(N=C(C)N)OC(C)=CC(=O)OC. The second-order valence-electron chi connectivity index (χ2n) is 4.17. The van der Waals surface area contributed by atoms with Crippen molar-refractivity contribution in [3.05, 3.63) is 11.8 Å². The van der Waals surface area contributed by atoms with Crippen LogP contribution in [0.5, 0.6) is 0 Å². The number of carbonyl (C=O) groups is 1. The average molecular weight is 322 g/mol. The minimum Gasteiger partial charge on any atom is -0.466 e. The number of ether oxygens (including phenoxy) is 2. The highest BCUT2D eigenvalue weighted by molar-refractivity contribution is 8.11. The summed E-state index contributed by atoms with van der Waals surface area (Å²) < 4.78 is 19.4. The van der Waals surface area contributed by atoms with Gasteiger partial charge in [-0.05, 0) is 38.5 Å². The second-order valence-corrected chi connectivity index (χ2v) is 7.99. The number of rotatable bonds is 9. The zero-order valence-electron chi connectivity index (χ0n) is 12.4. The number of nitrogens with two attached hydrogens (primary N) is 1. The van der Waals surface area contributed by atoms with Gasteiger partial charge in [-0.25, -0.2) is 9.56 Å². The molecule has 0 aromatic heterocycles. The number of nitrogens with zero attached hydrogens (tertiary/aromatic N) is 1. The van der Waals surface area contributed by atoms with Gasteiger partial charge in [0.1, 0.15) is 5.76 Å². The van der Waals surface area contributed by atoms with Gasteiger partial charge in [0.2, 0.25) is 6.42 Å². The van der Waals surface area contributed by atoms with Crippen molar-refractivity contribution < 1.29 is 18.8 Å². The van der Waals surface area contributed by atoms with Gasteiger partial charge in [0.25, 0.3) is 0 Å². The summed E-state index contributed by atoms with van der Waals surface area (Å²) in [4.78, 5) is 11.2. The van der Waals surface area contributed by atoms with Gasteiger partial charge in [0.15, 0.2) is 0 Å². The van der Waals surface area contributed by atoms with Gasteiger partial charge in [-0.1, -0.05) is 0 Å². The number of unbranched alkanes of at least 4 members (excludes halogenated alkanes) is 1. The average Bonchev–Trinajstić information content (AvgIpc) is 2.33. The van der Waals surface area contributed by atoms with E-state index in [0.29, 0.717) is 24.4 Å². The quantitative estimate of drug-likeness (QED) is 0.133. The molecule has 0 saturated carbocycles. The smallest absolute Gasteiger partial charge is 0.333 e. The maximum Gasteiger partial charge on any atom is 0.333 e. The first-order valence-electron chi connectivity index (χ1n) is 6.19. The topological polar surface area (TPSA) is 83.1 Å². The molecule has 0 spiro atoms. The number of esters is 1. The van der Waals surface area contributed by atoms with Crippen LogP contribution in [0, 0.1) is 0 Å². The van der Waals surface area contributed by atoms with Crippen LogP contribution < -0.4 is 5.73 Å². The molecule has 0 heterocycles. The third-order valence-corrected chi connectivity index (χ3v) is 5.25. The Morgan fingerprint density at radius 3 is 2.50 bits per heavy atom. The van der Waals surface area contributed by atoms with Crippen molar-refractivity contribution in [3.63, 3.8) is 0 Å². The monoisotopic (exact) mass is 322 g/mol. The standard InChI is InChI=1S/C12H23N2O4PS/c1-10(9-12(15)17-4)18-19(20,14-11(2)13)8-6-5-7-16-3/h9H,5-8H2,1-4H3,(H2,13,14,20). The Morgan fingerprint density at radius 1 is 1.35 bits per heavy atom. The van der Waals surface area contributed by atoms with Crippen LogP contribution in [0.3, 0.4) is 0 Å². The fourth-order valence-corrected chi connectivity index (χ4v) is 4.36. The molecule has 2 N–H and O–H groups in total. The highest BCUT2D eigenvalue weighted by Crippen LogP contribution is 2.51. The number of methoxy groups -OCH3 is 2. The molecule has 0 bridgehead atoms. The van der Waals surface area contributed by atoms with Gasteiger partial charge in [-0.15, -0.1) is 0 Å². The van der Waals surface area contributed by atoms with Gasteiger partial charge >= 0.3 is 5.97 Å². The molecular weight excluding hydrogens is 299 g/mol. The summed E-state index contributed by atoms with van der Waals surface area (Å²) in [5, 5.41) is 0. The van der Waals surface area contributed by atoms with Crippen LogP contribution in [0.2, 0.25) is 0 Å². The number of amidine groups is 1. The molecule has 116 valence electrons. The van der Waals surface area contributed by atoms with Crippen LogP contribution in [0.15, 0.2) is 16.6 Å². The predicted octanol–water partition coefficient (Wildman–Crippen LogP) is 2.19. The lowest BCUT2D eigenvalue weighted by Crippen LogP contribution is -2.07. The van der Waals surface area contributed by atoms with Gasteiger partial charge in [0, 0.05) is 19.9 Å². The van der Waals surface area contributed by atoms with E-state index in [1.54, 1.807) is 21.0 Å². The minimum atomic E-state index is -2.47. The number of carbonyl (C=O) groups excluding carboxylic acids is 1. The van der Waals surface area contributed by atoms with Gasteiger partial charge in [-0.3, -0.25) is 0 Å². The molecule has 6 nitrogen and oxygen atoms in total. The lowest BCUT2D eigenvalue weighted by atomic mass is 10.4. The van der Waals surface area contributed by atoms with Gasteiger partial charge < -0.3 is 19.7 Å². The van der Waals surface area contributed by atoms with Gasteiger partial charge in [0.05, 0.1) is 19.0 Å². The molecule has 0 radical (unpaired) electrons. The molecule has 20 heavy (non-hydrogen) atoms. The first-order chi connectivity index (χ1) is 9.33. The fraction of sp³-hybridized carbons (Fsp3) is 0.667. The van der Waals surface area contributed by atoms with Crippen LogP contribution >= 0.6 is 6.42 Å². The largest absolute Gasteiger partial charge is 0.466 e. The molecule has 1 atom stereocenters. The minimum absolute atomic E-state index is 0.381. The van der Waals surface area contributed by atoms with Crippen LogP contribution in [0.25, 0.3) is 0 Å². The van der Waals surface area contributed by atoms with E-state index in [2.05, 4.69) is 9.50 Å². The summed E-state index contributed by atoms with van der Waals surface area (Å²) in [7, 11) is 2.95. The van der Waals surface area contributed by atoms with Crippen LogP contribution in [-0.4, -0.2) is 38.8 Å². The molecule has 0 aliphatic carbocycles. The number of hydrogen-bond donors (Lipinski definition) is 1. The van der Waals surface area contributed by atoms with Crippen LogP contribution in [-0.2, 0) is 30.6 Å². The Hall–Kier alpha value is -0.910. The molecule has 8 heteroatoms. The lowest BCUT2D eigenvalue weighted by Gasteiger charge is -2.19. The van der Waals surface area contributed by atoms with E-state index in [1.807, 2.05) is 0 Å². The Morgan fingerprint density at radius 2 is 2.00 bits per heavy atom. The molecule has 1 unspecified atom stereocenters. The van der Waals surface area contributed by atoms with Crippen molar-refractivity contribution in [2.75, 3.05) is 27.0 Å². The van der Waals surface area contributed by atoms with Crippen LogP contribution in [0.4, 0.5) is 0 Å². The Bertz CT molecular complexity index is 420. The molecular formula is C12H23N2O4PS. The number of allylic oxidation sites excluding steroid dienone is 1. The van der Waals surface area contributed by atoms with E-state index >= 15 is 0 Å². The Balaban J connectivity index is 4.79.